The van der Waals surface area contributed by atoms with E-state index in [1.54, 1.807) is 31.2 Å². The number of amides is 1. The molecule has 5 heteroatoms. The lowest BCUT2D eigenvalue weighted by molar-refractivity contribution is -0.125. The molecule has 0 bridgehead atoms. The van der Waals surface area contributed by atoms with Crippen LogP contribution in [0.3, 0.4) is 0 Å². The third kappa shape index (κ3) is 4.83. The minimum atomic E-state index is -0.463. The fourth-order valence-electron chi connectivity index (χ4n) is 2.45. The van der Waals surface area contributed by atoms with Crippen molar-refractivity contribution in [1.29, 1.82) is 0 Å². The molecule has 1 amide bonds. The zero-order valence-corrected chi connectivity index (χ0v) is 14.9. The van der Waals surface area contributed by atoms with Crippen molar-refractivity contribution < 1.29 is 18.7 Å². The summed E-state index contributed by atoms with van der Waals surface area (Å²) in [6.07, 6.45) is 3.00. The Morgan fingerprint density at radius 2 is 1.80 bits per heavy atom. The highest BCUT2D eigenvalue weighted by atomic mass is 19.1. The van der Waals surface area contributed by atoms with Gasteiger partial charge in [0.1, 0.15) is 5.75 Å². The van der Waals surface area contributed by atoms with E-state index in [0.717, 1.165) is 16.9 Å². The number of rotatable bonds is 6. The number of benzene rings is 2. The molecule has 0 fully saturated rings. The maximum atomic E-state index is 13.7. The van der Waals surface area contributed by atoms with E-state index >= 15 is 0 Å². The summed E-state index contributed by atoms with van der Waals surface area (Å²) in [5.74, 6) is 0.272. The predicted octanol–water partition coefficient (Wildman–Crippen LogP) is 3.82. The quantitative estimate of drug-likeness (QED) is 0.749. The number of hydrogen-bond acceptors (Lipinski definition) is 3. The van der Waals surface area contributed by atoms with Gasteiger partial charge < -0.3 is 14.4 Å². The van der Waals surface area contributed by atoms with Crippen LogP contribution in [0.5, 0.6) is 11.5 Å². The van der Waals surface area contributed by atoms with Gasteiger partial charge in [0.2, 0.25) is 5.91 Å². The Hall–Kier alpha value is -2.82. The van der Waals surface area contributed by atoms with Crippen LogP contribution in [0, 0.1) is 12.7 Å². The number of carbonyl (C=O) groups is 1. The summed E-state index contributed by atoms with van der Waals surface area (Å²) in [5.41, 5.74) is 2.62. The van der Waals surface area contributed by atoms with Gasteiger partial charge in [-0.3, -0.25) is 4.79 Å². The molecule has 2 rings (SSSR count). The van der Waals surface area contributed by atoms with E-state index in [1.165, 1.54) is 25.3 Å². The first kappa shape index (κ1) is 18.5. The van der Waals surface area contributed by atoms with E-state index in [1.807, 2.05) is 25.1 Å². The number of aryl methyl sites for hydroxylation is 1. The fourth-order valence-corrected chi connectivity index (χ4v) is 2.45. The van der Waals surface area contributed by atoms with Gasteiger partial charge >= 0.3 is 0 Å². The number of likely N-dealkylation sites (N-methyl/N-ethyl adjacent to an activating group) is 1. The van der Waals surface area contributed by atoms with Gasteiger partial charge in [-0.05, 0) is 36.8 Å². The maximum Gasteiger partial charge on any atom is 0.246 e. The van der Waals surface area contributed by atoms with Crippen LogP contribution in [0.15, 0.2) is 42.5 Å². The second-order valence-corrected chi connectivity index (χ2v) is 5.74. The first-order valence-corrected chi connectivity index (χ1v) is 7.85. The van der Waals surface area contributed by atoms with Crippen molar-refractivity contribution >= 4 is 12.0 Å². The third-order valence-corrected chi connectivity index (χ3v) is 3.81. The van der Waals surface area contributed by atoms with Gasteiger partial charge in [0.15, 0.2) is 11.6 Å². The first-order valence-electron chi connectivity index (χ1n) is 7.85. The van der Waals surface area contributed by atoms with Crippen LogP contribution in [0.2, 0.25) is 0 Å². The van der Waals surface area contributed by atoms with E-state index in [2.05, 4.69) is 0 Å². The van der Waals surface area contributed by atoms with E-state index in [-0.39, 0.29) is 11.7 Å². The monoisotopic (exact) mass is 343 g/mol. The highest BCUT2D eigenvalue weighted by Crippen LogP contribution is 2.21. The standard InChI is InChI=1S/C20H22FNO3/c1-14-5-8-18(24-3)16(11-14)13-22(2)20(23)10-7-15-6-9-19(25-4)17(21)12-15/h5-12H,13H2,1-4H3/b10-7+. The zero-order chi connectivity index (χ0) is 18.4. The molecule has 0 saturated heterocycles. The summed E-state index contributed by atoms with van der Waals surface area (Å²) < 4.78 is 23.9. The van der Waals surface area contributed by atoms with Gasteiger partial charge in [-0.15, -0.1) is 0 Å². The van der Waals surface area contributed by atoms with E-state index < -0.39 is 5.82 Å². The molecule has 0 spiro atoms. The highest BCUT2D eigenvalue weighted by molar-refractivity contribution is 5.91. The molecule has 0 aliphatic carbocycles. The molecule has 0 aliphatic heterocycles. The molecule has 0 aromatic heterocycles. The van der Waals surface area contributed by atoms with Gasteiger partial charge in [0.25, 0.3) is 0 Å². The molecule has 0 heterocycles. The van der Waals surface area contributed by atoms with Crippen molar-refractivity contribution in [2.24, 2.45) is 0 Å². The van der Waals surface area contributed by atoms with Crippen LogP contribution in [-0.2, 0) is 11.3 Å². The van der Waals surface area contributed by atoms with Crippen LogP contribution in [0.1, 0.15) is 16.7 Å². The van der Waals surface area contributed by atoms with Crippen LogP contribution < -0.4 is 9.47 Å². The van der Waals surface area contributed by atoms with Crippen LogP contribution in [-0.4, -0.2) is 32.1 Å². The third-order valence-electron chi connectivity index (χ3n) is 3.81. The van der Waals surface area contributed by atoms with Crippen molar-refractivity contribution in [1.82, 2.24) is 4.90 Å². The largest absolute Gasteiger partial charge is 0.496 e. The summed E-state index contributed by atoms with van der Waals surface area (Å²) >= 11 is 0. The smallest absolute Gasteiger partial charge is 0.246 e. The van der Waals surface area contributed by atoms with Crippen LogP contribution >= 0.6 is 0 Å². The number of ether oxygens (including phenoxy) is 2. The Labute approximate surface area is 147 Å². The zero-order valence-electron chi connectivity index (χ0n) is 14.9. The number of hydrogen-bond donors (Lipinski definition) is 0. The molecule has 0 unspecified atom stereocenters. The molecule has 2 aromatic rings. The lowest BCUT2D eigenvalue weighted by Crippen LogP contribution is -2.24. The summed E-state index contributed by atoms with van der Waals surface area (Å²) in [5, 5.41) is 0. The van der Waals surface area contributed by atoms with Gasteiger partial charge in [-0.1, -0.05) is 23.8 Å². The number of halogens is 1. The minimum Gasteiger partial charge on any atom is -0.496 e. The minimum absolute atomic E-state index is 0.173. The van der Waals surface area contributed by atoms with E-state index in [9.17, 15) is 9.18 Å². The SMILES string of the molecule is COc1ccc(/C=C/C(=O)N(C)Cc2cc(C)ccc2OC)cc1F. The molecule has 25 heavy (non-hydrogen) atoms. The molecular formula is C20H22FNO3. The lowest BCUT2D eigenvalue weighted by atomic mass is 10.1. The molecular weight excluding hydrogens is 321 g/mol. The lowest BCUT2D eigenvalue weighted by Gasteiger charge is -2.17. The summed E-state index contributed by atoms with van der Waals surface area (Å²) in [6.45, 7) is 2.41. The number of nitrogens with zero attached hydrogens (tertiary/aromatic N) is 1. The summed E-state index contributed by atoms with van der Waals surface area (Å²) in [4.78, 5) is 13.9. The van der Waals surface area contributed by atoms with Crippen molar-refractivity contribution in [2.75, 3.05) is 21.3 Å². The van der Waals surface area contributed by atoms with Crippen molar-refractivity contribution in [2.45, 2.75) is 13.5 Å². The Morgan fingerprint density at radius 3 is 2.44 bits per heavy atom. The average Bonchev–Trinajstić information content (AvgIpc) is 2.60. The summed E-state index contributed by atoms with van der Waals surface area (Å²) in [6, 6.07) is 10.4. The molecule has 0 N–H and O–H groups in total. The molecule has 4 nitrogen and oxygen atoms in total. The van der Waals surface area contributed by atoms with E-state index in [4.69, 9.17) is 9.47 Å². The Balaban J connectivity index is 2.07. The summed E-state index contributed by atoms with van der Waals surface area (Å²) in [7, 11) is 4.73. The molecule has 2 aromatic carbocycles. The molecule has 132 valence electrons. The molecule has 0 aliphatic rings. The normalized spacial score (nSPS) is 10.8. The second kappa shape index (κ2) is 8.33. The van der Waals surface area contributed by atoms with Gasteiger partial charge in [-0.25, -0.2) is 4.39 Å². The maximum absolute atomic E-state index is 13.7. The molecule has 0 radical (unpaired) electrons. The van der Waals surface area contributed by atoms with Crippen LogP contribution in [0.25, 0.3) is 6.08 Å². The molecule has 0 saturated carbocycles. The van der Waals surface area contributed by atoms with Crippen molar-refractivity contribution in [3.63, 3.8) is 0 Å². The molecule has 0 atom stereocenters. The van der Waals surface area contributed by atoms with Gasteiger partial charge in [-0.2, -0.15) is 0 Å². The second-order valence-electron chi connectivity index (χ2n) is 5.74. The topological polar surface area (TPSA) is 38.8 Å². The van der Waals surface area contributed by atoms with Crippen molar-refractivity contribution in [3.05, 3.63) is 65.0 Å². The predicted molar refractivity (Wildman–Crippen MR) is 96.2 cm³/mol. The number of methoxy groups -OCH3 is 2. The first-order chi connectivity index (χ1) is 11.9. The average molecular weight is 343 g/mol. The Morgan fingerprint density at radius 1 is 1.12 bits per heavy atom. The van der Waals surface area contributed by atoms with Gasteiger partial charge in [0, 0.05) is 25.2 Å². The fraction of sp³-hybridized carbons (Fsp3) is 0.250. The van der Waals surface area contributed by atoms with Crippen molar-refractivity contribution in [3.8, 4) is 11.5 Å². The Bertz CT molecular complexity index is 787. The van der Waals surface area contributed by atoms with Crippen LogP contribution in [0.4, 0.5) is 4.39 Å². The highest BCUT2D eigenvalue weighted by Gasteiger charge is 2.10. The Kier molecular flexibility index (Phi) is 6.17. The van der Waals surface area contributed by atoms with E-state index in [0.29, 0.717) is 12.1 Å². The number of carbonyl (C=O) groups excluding carboxylic acids is 1. The van der Waals surface area contributed by atoms with Gasteiger partial charge in [0.05, 0.1) is 14.2 Å².